The molecule has 0 radical (unpaired) electrons. The Morgan fingerprint density at radius 2 is 1.93 bits per heavy atom. The van der Waals surface area contributed by atoms with Crippen LogP contribution in [0, 0.1) is 0 Å². The fourth-order valence-electron chi connectivity index (χ4n) is 4.08. The van der Waals surface area contributed by atoms with Gasteiger partial charge in [0.15, 0.2) is 0 Å². The zero-order valence-corrected chi connectivity index (χ0v) is 17.5. The molecule has 2 aliphatic heterocycles. The topological polar surface area (TPSA) is 50.1 Å². The molecule has 2 aromatic rings. The summed E-state index contributed by atoms with van der Waals surface area (Å²) in [5.74, 6) is 1.45. The Hall–Kier alpha value is -1.27. The fraction of sp³-hybridized carbons (Fsp3) is 0.381. The van der Waals surface area contributed by atoms with Gasteiger partial charge in [0.1, 0.15) is 0 Å². The molecule has 6 heteroatoms. The molecule has 0 amide bonds. The van der Waals surface area contributed by atoms with Crippen molar-refractivity contribution in [2.45, 2.75) is 30.1 Å². The highest BCUT2D eigenvalue weighted by molar-refractivity contribution is 8.00. The van der Waals surface area contributed by atoms with Gasteiger partial charge in [0.25, 0.3) is 0 Å². The molecule has 2 aromatic carbocycles. The van der Waals surface area contributed by atoms with Gasteiger partial charge >= 0.3 is 0 Å². The zero-order valence-electron chi connectivity index (χ0n) is 15.1. The van der Waals surface area contributed by atoms with Crippen molar-refractivity contribution < 1.29 is 0 Å². The van der Waals surface area contributed by atoms with Crippen LogP contribution in [0.25, 0.3) is 0 Å². The van der Waals surface area contributed by atoms with E-state index in [-0.39, 0.29) is 12.0 Å². The number of halogens is 1. The summed E-state index contributed by atoms with van der Waals surface area (Å²) in [7, 11) is 0. The Morgan fingerprint density at radius 1 is 1.11 bits per heavy atom. The van der Waals surface area contributed by atoms with Gasteiger partial charge in [-0.2, -0.15) is 11.8 Å². The monoisotopic (exact) mass is 417 g/mol. The molecule has 142 valence electrons. The summed E-state index contributed by atoms with van der Waals surface area (Å²) in [6, 6.07) is 14.1. The van der Waals surface area contributed by atoms with E-state index >= 15 is 0 Å². The lowest BCUT2D eigenvalue weighted by Crippen LogP contribution is -2.39. The first-order valence-corrected chi connectivity index (χ1v) is 11.2. The molecule has 1 saturated heterocycles. The van der Waals surface area contributed by atoms with Gasteiger partial charge in [-0.05, 0) is 36.1 Å². The summed E-state index contributed by atoms with van der Waals surface area (Å²) in [5.41, 5.74) is 10.4. The van der Waals surface area contributed by atoms with Crippen molar-refractivity contribution in [2.24, 2.45) is 0 Å². The lowest BCUT2D eigenvalue weighted by Gasteiger charge is -2.36. The second kappa shape index (κ2) is 8.39. The fourth-order valence-corrected chi connectivity index (χ4v) is 5.87. The SMILES string of the molecule is Nc1cccc(Cl)c1C1NC(=S)C(CCC2CNCCS2)c2ccccc21. The third-order valence-electron chi connectivity index (χ3n) is 5.44. The summed E-state index contributed by atoms with van der Waals surface area (Å²) in [5, 5.41) is 8.40. The molecule has 0 bridgehead atoms. The average Bonchev–Trinajstić information content (AvgIpc) is 2.68. The summed E-state index contributed by atoms with van der Waals surface area (Å²) >= 11 is 14.4. The first-order chi connectivity index (χ1) is 13.1. The summed E-state index contributed by atoms with van der Waals surface area (Å²) in [6.07, 6.45) is 2.23. The van der Waals surface area contributed by atoms with E-state index in [1.165, 1.54) is 16.9 Å². The maximum Gasteiger partial charge on any atom is 0.0836 e. The highest BCUT2D eigenvalue weighted by Crippen LogP contribution is 2.41. The van der Waals surface area contributed by atoms with Gasteiger partial charge in [0.05, 0.1) is 11.0 Å². The van der Waals surface area contributed by atoms with Crippen LogP contribution in [0.4, 0.5) is 5.69 Å². The van der Waals surface area contributed by atoms with Crippen LogP contribution in [0.2, 0.25) is 5.02 Å². The molecule has 2 aliphatic rings. The maximum atomic E-state index is 6.50. The number of benzene rings is 2. The van der Waals surface area contributed by atoms with Gasteiger partial charge in [0, 0.05) is 46.3 Å². The number of anilines is 1. The van der Waals surface area contributed by atoms with Gasteiger partial charge in [0.2, 0.25) is 0 Å². The van der Waals surface area contributed by atoms with Gasteiger partial charge in [-0.25, -0.2) is 0 Å². The molecule has 0 spiro atoms. The predicted molar refractivity (Wildman–Crippen MR) is 121 cm³/mol. The van der Waals surface area contributed by atoms with Crippen molar-refractivity contribution in [1.29, 1.82) is 0 Å². The largest absolute Gasteiger partial charge is 0.398 e. The smallest absolute Gasteiger partial charge is 0.0836 e. The number of thioether (sulfide) groups is 1. The van der Waals surface area contributed by atoms with E-state index in [1.807, 2.05) is 18.2 Å². The molecular formula is C21H24ClN3S2. The second-order valence-corrected chi connectivity index (χ2v) is 9.40. The molecule has 0 aliphatic carbocycles. The normalized spacial score (nSPS) is 24.9. The minimum absolute atomic E-state index is 0.0932. The molecular weight excluding hydrogens is 394 g/mol. The number of nitrogen functional groups attached to an aromatic ring is 1. The van der Waals surface area contributed by atoms with E-state index in [2.05, 4.69) is 46.7 Å². The van der Waals surface area contributed by atoms with Crippen LogP contribution in [-0.2, 0) is 0 Å². The highest BCUT2D eigenvalue weighted by Gasteiger charge is 2.33. The van der Waals surface area contributed by atoms with Crippen LogP contribution in [0.15, 0.2) is 42.5 Å². The molecule has 0 aromatic heterocycles. The molecule has 0 saturated carbocycles. The van der Waals surface area contributed by atoms with Crippen molar-refractivity contribution in [3.8, 4) is 0 Å². The second-order valence-electron chi connectivity index (χ2n) is 7.14. The summed E-state index contributed by atoms with van der Waals surface area (Å²) in [4.78, 5) is 0.895. The first-order valence-electron chi connectivity index (χ1n) is 9.40. The maximum absolute atomic E-state index is 6.50. The standard InChI is InChI=1S/C21H24ClN3S2/c22-17-6-3-7-18(23)19(17)20-15-5-2-1-4-14(15)16(21(26)25-20)9-8-13-12-24-10-11-27-13/h1-7,13,16,20,24H,8-12,23H2,(H,25,26). The number of thiocarbonyl (C=S) groups is 1. The van der Waals surface area contributed by atoms with Crippen molar-refractivity contribution in [2.75, 3.05) is 24.6 Å². The Kier molecular flexibility index (Phi) is 5.93. The van der Waals surface area contributed by atoms with Crippen LogP contribution >= 0.6 is 35.6 Å². The summed E-state index contributed by atoms with van der Waals surface area (Å²) in [6.45, 7) is 2.21. The highest BCUT2D eigenvalue weighted by atomic mass is 35.5. The molecule has 3 nitrogen and oxygen atoms in total. The number of nitrogens with one attached hydrogen (secondary N) is 2. The van der Waals surface area contributed by atoms with Gasteiger partial charge in [-0.3, -0.25) is 0 Å². The third-order valence-corrected chi connectivity index (χ3v) is 7.49. The Morgan fingerprint density at radius 3 is 2.67 bits per heavy atom. The number of nitrogens with two attached hydrogens (primary N) is 1. The Balaban J connectivity index is 1.63. The van der Waals surface area contributed by atoms with Crippen molar-refractivity contribution in [3.05, 3.63) is 64.2 Å². The molecule has 4 rings (SSSR count). The van der Waals surface area contributed by atoms with E-state index in [9.17, 15) is 0 Å². The zero-order chi connectivity index (χ0) is 18.8. The van der Waals surface area contributed by atoms with Gasteiger partial charge < -0.3 is 16.4 Å². The van der Waals surface area contributed by atoms with Gasteiger partial charge in [-0.1, -0.05) is 54.2 Å². The van der Waals surface area contributed by atoms with Crippen molar-refractivity contribution in [3.63, 3.8) is 0 Å². The van der Waals surface area contributed by atoms with E-state index in [4.69, 9.17) is 29.6 Å². The molecule has 27 heavy (non-hydrogen) atoms. The minimum atomic E-state index is -0.0932. The number of rotatable bonds is 4. The van der Waals surface area contributed by atoms with Crippen LogP contribution in [0.3, 0.4) is 0 Å². The number of hydrogen-bond donors (Lipinski definition) is 3. The lowest BCUT2D eigenvalue weighted by molar-refractivity contribution is 0.583. The van der Waals surface area contributed by atoms with Gasteiger partial charge in [-0.15, -0.1) is 0 Å². The van der Waals surface area contributed by atoms with Crippen LogP contribution in [-0.4, -0.2) is 29.1 Å². The van der Waals surface area contributed by atoms with E-state index in [0.29, 0.717) is 16.0 Å². The number of fused-ring (bicyclic) bond motifs is 1. The molecule has 4 N–H and O–H groups in total. The van der Waals surface area contributed by atoms with Crippen molar-refractivity contribution in [1.82, 2.24) is 10.6 Å². The lowest BCUT2D eigenvalue weighted by atomic mass is 9.81. The van der Waals surface area contributed by atoms with Crippen molar-refractivity contribution >= 4 is 46.3 Å². The van der Waals surface area contributed by atoms with Crippen LogP contribution in [0.1, 0.15) is 41.5 Å². The summed E-state index contributed by atoms with van der Waals surface area (Å²) < 4.78 is 0. The Bertz CT molecular complexity index is 816. The first kappa shape index (κ1) is 19.1. The Labute approximate surface area is 175 Å². The van der Waals surface area contributed by atoms with E-state index in [0.717, 1.165) is 36.5 Å². The minimum Gasteiger partial charge on any atom is -0.398 e. The molecule has 1 fully saturated rings. The quantitative estimate of drug-likeness (QED) is 0.504. The molecule has 3 atom stereocenters. The molecule has 2 heterocycles. The number of hydrogen-bond acceptors (Lipinski definition) is 4. The van der Waals surface area contributed by atoms with Crippen LogP contribution < -0.4 is 16.4 Å². The van der Waals surface area contributed by atoms with Crippen LogP contribution in [0.5, 0.6) is 0 Å². The predicted octanol–water partition coefficient (Wildman–Crippen LogP) is 4.51. The van der Waals surface area contributed by atoms with E-state index < -0.39 is 0 Å². The molecule has 3 unspecified atom stereocenters. The van der Waals surface area contributed by atoms with E-state index in [1.54, 1.807) is 0 Å². The third kappa shape index (κ3) is 3.97. The average molecular weight is 418 g/mol.